The maximum absolute atomic E-state index is 12.8. The maximum Gasteiger partial charge on any atom is 0.321 e. The molecule has 0 radical (unpaired) electrons. The van der Waals surface area contributed by atoms with E-state index in [0.29, 0.717) is 24.7 Å². The molecule has 3 aromatic rings. The number of carbonyl (C=O) groups excluding carboxylic acids is 2. The van der Waals surface area contributed by atoms with Gasteiger partial charge in [-0.1, -0.05) is 29.0 Å². The number of nitrogens with one attached hydrogen (secondary N) is 2. The normalized spacial score (nSPS) is 15.7. The molecule has 1 saturated heterocycles. The molecule has 2 aromatic carbocycles. The number of anilines is 2. The first-order chi connectivity index (χ1) is 16.0. The fraction of sp³-hybridized carbons (Fsp3) is 0.333. The van der Waals surface area contributed by atoms with E-state index in [9.17, 15) is 9.59 Å². The van der Waals surface area contributed by atoms with Crippen molar-refractivity contribution in [1.29, 1.82) is 0 Å². The van der Waals surface area contributed by atoms with Crippen molar-refractivity contribution in [2.45, 2.75) is 32.6 Å². The Balaban J connectivity index is 1.35. The van der Waals surface area contributed by atoms with Gasteiger partial charge in [0.05, 0.1) is 6.61 Å². The molecule has 0 unspecified atom stereocenters. The van der Waals surface area contributed by atoms with Gasteiger partial charge in [0, 0.05) is 30.4 Å². The van der Waals surface area contributed by atoms with Crippen LogP contribution in [0.25, 0.3) is 0 Å². The second kappa shape index (κ2) is 10.4. The summed E-state index contributed by atoms with van der Waals surface area (Å²) in [6, 6.07) is 14.8. The zero-order valence-corrected chi connectivity index (χ0v) is 19.5. The van der Waals surface area contributed by atoms with E-state index >= 15 is 0 Å². The van der Waals surface area contributed by atoms with Crippen molar-refractivity contribution >= 4 is 34.6 Å². The largest absolute Gasteiger partial charge is 0.494 e. The van der Waals surface area contributed by atoms with E-state index in [2.05, 4.69) is 20.8 Å². The van der Waals surface area contributed by atoms with Gasteiger partial charge in [-0.05, 0) is 63.1 Å². The molecule has 1 fully saturated rings. The molecule has 1 atom stereocenters. The van der Waals surface area contributed by atoms with Crippen LogP contribution in [0.5, 0.6) is 5.75 Å². The van der Waals surface area contributed by atoms with Crippen LogP contribution in [0, 0.1) is 6.92 Å². The molecule has 0 aliphatic carbocycles. The monoisotopic (exact) mass is 465 g/mol. The zero-order valence-electron chi connectivity index (χ0n) is 18.7. The first-order valence-electron chi connectivity index (χ1n) is 11.0. The highest BCUT2D eigenvalue weighted by molar-refractivity contribution is 7.13. The fourth-order valence-electron chi connectivity index (χ4n) is 3.68. The Morgan fingerprint density at radius 2 is 1.76 bits per heavy atom. The van der Waals surface area contributed by atoms with Crippen molar-refractivity contribution < 1.29 is 14.3 Å². The predicted octanol–water partition coefficient (Wildman–Crippen LogP) is 4.91. The minimum Gasteiger partial charge on any atom is -0.494 e. The molecule has 4 rings (SSSR count). The Hall–Kier alpha value is -3.46. The number of piperidine rings is 1. The Kier molecular flexibility index (Phi) is 7.19. The van der Waals surface area contributed by atoms with Crippen LogP contribution >= 0.6 is 11.3 Å². The molecule has 1 aromatic heterocycles. The lowest BCUT2D eigenvalue weighted by molar-refractivity contribution is 0.102. The van der Waals surface area contributed by atoms with Gasteiger partial charge in [-0.3, -0.25) is 4.79 Å². The first-order valence-corrected chi connectivity index (χ1v) is 11.8. The molecule has 172 valence electrons. The Bertz CT molecular complexity index is 1100. The summed E-state index contributed by atoms with van der Waals surface area (Å²) in [6.45, 7) is 5.74. The summed E-state index contributed by atoms with van der Waals surface area (Å²) < 4.78 is 5.44. The minimum atomic E-state index is -0.275. The van der Waals surface area contributed by atoms with Gasteiger partial charge in [0.2, 0.25) is 5.01 Å². The number of nitrogens with zero attached hydrogens (tertiary/aromatic N) is 3. The van der Waals surface area contributed by atoms with Gasteiger partial charge in [-0.2, -0.15) is 0 Å². The predicted molar refractivity (Wildman–Crippen MR) is 129 cm³/mol. The number of aryl methyl sites for hydroxylation is 1. The van der Waals surface area contributed by atoms with E-state index < -0.39 is 0 Å². The SMILES string of the molecule is CCOc1ccc(NC(=O)N2CCC[C@H](c3nnc(C(=O)Nc4ccc(C)cc4)s3)C2)cc1. The second-order valence-corrected chi connectivity index (χ2v) is 8.95. The number of likely N-dealkylation sites (tertiary alicyclic amines) is 1. The van der Waals surface area contributed by atoms with Crippen molar-refractivity contribution in [1.82, 2.24) is 15.1 Å². The molecule has 0 bridgehead atoms. The average Bonchev–Trinajstić information content (AvgIpc) is 3.33. The van der Waals surface area contributed by atoms with E-state index in [1.807, 2.05) is 62.4 Å². The first kappa shape index (κ1) is 22.7. The quantitative estimate of drug-likeness (QED) is 0.539. The van der Waals surface area contributed by atoms with Crippen LogP contribution in [0.2, 0.25) is 0 Å². The minimum absolute atomic E-state index is 0.0586. The number of carbonyl (C=O) groups is 2. The lowest BCUT2D eigenvalue weighted by atomic mass is 9.99. The Labute approximate surface area is 197 Å². The third kappa shape index (κ3) is 5.87. The van der Waals surface area contributed by atoms with Gasteiger partial charge in [0.1, 0.15) is 10.8 Å². The molecule has 3 amide bonds. The van der Waals surface area contributed by atoms with Crippen molar-refractivity contribution in [3.05, 3.63) is 64.1 Å². The highest BCUT2D eigenvalue weighted by Crippen LogP contribution is 2.30. The number of hydrogen-bond donors (Lipinski definition) is 2. The lowest BCUT2D eigenvalue weighted by Crippen LogP contribution is -2.41. The third-order valence-corrected chi connectivity index (χ3v) is 6.50. The number of aromatic nitrogens is 2. The lowest BCUT2D eigenvalue weighted by Gasteiger charge is -2.31. The number of urea groups is 1. The molecule has 0 saturated carbocycles. The molecule has 0 spiro atoms. The zero-order chi connectivity index (χ0) is 23.2. The van der Waals surface area contributed by atoms with Crippen molar-refractivity contribution in [2.24, 2.45) is 0 Å². The van der Waals surface area contributed by atoms with Crippen LogP contribution in [-0.4, -0.2) is 46.7 Å². The third-order valence-electron chi connectivity index (χ3n) is 5.42. The summed E-state index contributed by atoms with van der Waals surface area (Å²) >= 11 is 1.29. The summed E-state index contributed by atoms with van der Waals surface area (Å²) in [6.07, 6.45) is 1.77. The summed E-state index contributed by atoms with van der Waals surface area (Å²) in [4.78, 5) is 27.1. The molecule has 8 nitrogen and oxygen atoms in total. The summed E-state index contributed by atoms with van der Waals surface area (Å²) in [5.41, 5.74) is 2.56. The van der Waals surface area contributed by atoms with Crippen LogP contribution in [0.4, 0.5) is 16.2 Å². The topological polar surface area (TPSA) is 96.4 Å². The highest BCUT2D eigenvalue weighted by Gasteiger charge is 2.28. The summed E-state index contributed by atoms with van der Waals surface area (Å²) in [5.74, 6) is 0.554. The van der Waals surface area contributed by atoms with Gasteiger partial charge in [0.15, 0.2) is 0 Å². The summed E-state index contributed by atoms with van der Waals surface area (Å²) in [5, 5.41) is 15.2. The number of amides is 3. The molecule has 33 heavy (non-hydrogen) atoms. The van der Waals surface area contributed by atoms with Gasteiger partial charge in [-0.25, -0.2) is 4.79 Å². The van der Waals surface area contributed by atoms with E-state index in [1.165, 1.54) is 11.3 Å². The number of hydrogen-bond acceptors (Lipinski definition) is 6. The van der Waals surface area contributed by atoms with E-state index in [-0.39, 0.29) is 17.9 Å². The van der Waals surface area contributed by atoms with Crippen LogP contribution in [0.15, 0.2) is 48.5 Å². The molecule has 2 heterocycles. The van der Waals surface area contributed by atoms with Crippen LogP contribution in [0.3, 0.4) is 0 Å². The van der Waals surface area contributed by atoms with Crippen molar-refractivity contribution in [2.75, 3.05) is 30.3 Å². The van der Waals surface area contributed by atoms with Gasteiger partial charge < -0.3 is 20.3 Å². The standard InChI is InChI=1S/C24H27N5O3S/c1-3-32-20-12-10-19(11-13-20)26-24(31)29-14-4-5-17(15-29)22-27-28-23(33-22)21(30)25-18-8-6-16(2)7-9-18/h6-13,17H,3-5,14-15H2,1-2H3,(H,25,30)(H,26,31)/t17-/m0/s1. The van der Waals surface area contributed by atoms with Crippen LogP contribution < -0.4 is 15.4 Å². The van der Waals surface area contributed by atoms with Gasteiger partial charge >= 0.3 is 6.03 Å². The Morgan fingerprint density at radius 1 is 1.06 bits per heavy atom. The smallest absolute Gasteiger partial charge is 0.321 e. The Morgan fingerprint density at radius 3 is 2.48 bits per heavy atom. The molecule has 1 aliphatic rings. The number of ether oxygens (including phenoxy) is 1. The number of benzene rings is 2. The molecule has 9 heteroatoms. The van der Waals surface area contributed by atoms with E-state index in [4.69, 9.17) is 4.74 Å². The second-order valence-electron chi connectivity index (χ2n) is 7.94. The molecular formula is C24H27N5O3S. The average molecular weight is 466 g/mol. The van der Waals surface area contributed by atoms with Gasteiger partial charge in [0.25, 0.3) is 5.91 Å². The van der Waals surface area contributed by atoms with Crippen molar-refractivity contribution in [3.8, 4) is 5.75 Å². The van der Waals surface area contributed by atoms with Crippen molar-refractivity contribution in [3.63, 3.8) is 0 Å². The van der Waals surface area contributed by atoms with E-state index in [0.717, 1.165) is 40.5 Å². The highest BCUT2D eigenvalue weighted by atomic mass is 32.1. The van der Waals surface area contributed by atoms with Gasteiger partial charge in [-0.15, -0.1) is 10.2 Å². The number of rotatable bonds is 6. The fourth-order valence-corrected chi connectivity index (χ4v) is 4.54. The van der Waals surface area contributed by atoms with Crippen LogP contribution in [0.1, 0.15) is 46.1 Å². The summed E-state index contributed by atoms with van der Waals surface area (Å²) in [7, 11) is 0. The molecule has 2 N–H and O–H groups in total. The van der Waals surface area contributed by atoms with E-state index in [1.54, 1.807) is 4.90 Å². The van der Waals surface area contributed by atoms with Crippen LogP contribution in [-0.2, 0) is 0 Å². The maximum atomic E-state index is 12.8. The molecular weight excluding hydrogens is 438 g/mol. The molecule has 1 aliphatic heterocycles.